The van der Waals surface area contributed by atoms with Crippen LogP contribution in [0.25, 0.3) is 0 Å². The van der Waals surface area contributed by atoms with Gasteiger partial charge in [0.2, 0.25) is 0 Å². The topological polar surface area (TPSA) is 48.2 Å². The van der Waals surface area contributed by atoms with Gasteiger partial charge in [-0.3, -0.25) is 10.3 Å². The second-order valence-corrected chi connectivity index (χ2v) is 3.86. The third kappa shape index (κ3) is 4.18. The molecule has 0 aromatic heterocycles. The summed E-state index contributed by atoms with van der Waals surface area (Å²) >= 11 is 1.47. The molecule has 0 rings (SSSR count). The molecule has 0 saturated heterocycles. The van der Waals surface area contributed by atoms with E-state index in [0.717, 1.165) is 12.8 Å². The molecule has 0 amide bonds. The first-order chi connectivity index (χ1) is 6.11. The van der Waals surface area contributed by atoms with Crippen molar-refractivity contribution in [1.82, 2.24) is 5.32 Å². The lowest BCUT2D eigenvalue weighted by Gasteiger charge is -2.22. The summed E-state index contributed by atoms with van der Waals surface area (Å²) in [7, 11) is 0. The van der Waals surface area contributed by atoms with E-state index in [2.05, 4.69) is 31.1 Å². The Kier molecular flexibility index (Phi) is 5.56. The van der Waals surface area contributed by atoms with Crippen molar-refractivity contribution in [2.45, 2.75) is 39.2 Å². The van der Waals surface area contributed by atoms with Gasteiger partial charge in [0, 0.05) is 0 Å². The van der Waals surface area contributed by atoms with Crippen LogP contribution in [0.1, 0.15) is 33.6 Å². The number of aliphatic imine (C=N–C) groups is 1. The molecule has 1 N–H and O–H groups in total. The average molecular weight is 199 g/mol. The van der Waals surface area contributed by atoms with Crippen LogP contribution < -0.4 is 5.32 Å². The van der Waals surface area contributed by atoms with E-state index in [0.29, 0.717) is 5.17 Å². The van der Waals surface area contributed by atoms with Gasteiger partial charge in [-0.25, -0.2) is 0 Å². The molecule has 0 radical (unpaired) electrons. The number of hydrogen-bond acceptors (Lipinski definition) is 3. The van der Waals surface area contributed by atoms with Gasteiger partial charge in [0.1, 0.15) is 0 Å². The summed E-state index contributed by atoms with van der Waals surface area (Å²) in [4.78, 5) is 4.50. The lowest BCUT2D eigenvalue weighted by Crippen LogP contribution is -2.25. The standard InChI is InChI=1S/C9H17N3S/c1-5-9(3,6-2)12-8(13-4)11-7-10/h5-6H2,1-4H3,(H,11,12). The van der Waals surface area contributed by atoms with Crippen LogP contribution in [0.5, 0.6) is 0 Å². The lowest BCUT2D eigenvalue weighted by molar-refractivity contribution is 0.441. The third-order valence-corrected chi connectivity index (χ3v) is 2.83. The van der Waals surface area contributed by atoms with E-state index in [4.69, 9.17) is 5.26 Å². The van der Waals surface area contributed by atoms with Crippen molar-refractivity contribution >= 4 is 16.9 Å². The number of nitriles is 1. The third-order valence-electron chi connectivity index (χ3n) is 2.25. The van der Waals surface area contributed by atoms with E-state index in [9.17, 15) is 0 Å². The highest BCUT2D eigenvalue weighted by molar-refractivity contribution is 8.13. The minimum Gasteiger partial charge on any atom is -0.272 e. The SMILES string of the molecule is CCC(C)(CC)N=C(NC#N)SC. The van der Waals surface area contributed by atoms with E-state index in [-0.39, 0.29) is 5.54 Å². The molecule has 0 spiro atoms. The first-order valence-corrected chi connectivity index (χ1v) is 5.63. The number of hydrogen-bond donors (Lipinski definition) is 1. The number of nitrogens with zero attached hydrogens (tertiary/aromatic N) is 2. The summed E-state index contributed by atoms with van der Waals surface area (Å²) in [6.45, 7) is 6.32. The first kappa shape index (κ1) is 12.3. The Morgan fingerprint density at radius 1 is 1.54 bits per heavy atom. The van der Waals surface area contributed by atoms with Crippen LogP contribution in [0.3, 0.4) is 0 Å². The molecule has 0 atom stereocenters. The minimum atomic E-state index is -0.0395. The Labute approximate surface area is 84.6 Å². The fourth-order valence-corrected chi connectivity index (χ4v) is 1.29. The van der Waals surface area contributed by atoms with Crippen LogP contribution in [0.4, 0.5) is 0 Å². The molecule has 0 unspecified atom stereocenters. The lowest BCUT2D eigenvalue weighted by atomic mass is 9.97. The van der Waals surface area contributed by atoms with Crippen molar-refractivity contribution < 1.29 is 0 Å². The zero-order valence-electron chi connectivity index (χ0n) is 8.72. The summed E-state index contributed by atoms with van der Waals surface area (Å²) in [5.74, 6) is 0. The maximum absolute atomic E-state index is 8.45. The highest BCUT2D eigenvalue weighted by Crippen LogP contribution is 2.20. The second kappa shape index (κ2) is 5.87. The molecule has 0 aromatic rings. The average Bonchev–Trinajstić information content (AvgIpc) is 2.17. The molecule has 0 fully saturated rings. The highest BCUT2D eigenvalue weighted by atomic mass is 32.2. The van der Waals surface area contributed by atoms with Gasteiger partial charge in [-0.1, -0.05) is 25.6 Å². The molecule has 13 heavy (non-hydrogen) atoms. The monoisotopic (exact) mass is 199 g/mol. The van der Waals surface area contributed by atoms with Gasteiger partial charge in [0.15, 0.2) is 11.4 Å². The van der Waals surface area contributed by atoms with E-state index in [1.54, 1.807) is 0 Å². The van der Waals surface area contributed by atoms with Crippen molar-refractivity contribution in [2.75, 3.05) is 6.26 Å². The van der Waals surface area contributed by atoms with Crippen LogP contribution in [-0.4, -0.2) is 17.0 Å². The minimum absolute atomic E-state index is 0.0395. The van der Waals surface area contributed by atoms with Crippen molar-refractivity contribution in [2.24, 2.45) is 4.99 Å². The molecule has 4 heteroatoms. The van der Waals surface area contributed by atoms with Crippen molar-refractivity contribution in [1.29, 1.82) is 5.26 Å². The maximum atomic E-state index is 8.45. The normalized spacial score (nSPS) is 12.4. The van der Waals surface area contributed by atoms with E-state index in [1.165, 1.54) is 11.8 Å². The predicted molar refractivity (Wildman–Crippen MR) is 58.7 cm³/mol. The second-order valence-electron chi connectivity index (χ2n) is 3.06. The highest BCUT2D eigenvalue weighted by Gasteiger charge is 2.18. The zero-order valence-corrected chi connectivity index (χ0v) is 9.53. The quantitative estimate of drug-likeness (QED) is 0.328. The Balaban J connectivity index is 4.55. The summed E-state index contributed by atoms with van der Waals surface area (Å²) in [6.07, 6.45) is 5.77. The van der Waals surface area contributed by atoms with E-state index in [1.807, 2.05) is 12.4 Å². The van der Waals surface area contributed by atoms with Crippen LogP contribution in [0, 0.1) is 11.5 Å². The summed E-state index contributed by atoms with van der Waals surface area (Å²) in [6, 6.07) is 0. The Morgan fingerprint density at radius 3 is 2.38 bits per heavy atom. The molecule has 74 valence electrons. The molecule has 3 nitrogen and oxygen atoms in total. The van der Waals surface area contributed by atoms with Gasteiger partial charge in [-0.05, 0) is 26.0 Å². The summed E-state index contributed by atoms with van der Waals surface area (Å²) in [5.41, 5.74) is -0.0395. The Bertz CT molecular complexity index is 213. The van der Waals surface area contributed by atoms with Crippen LogP contribution in [0.2, 0.25) is 0 Å². The van der Waals surface area contributed by atoms with Crippen LogP contribution in [-0.2, 0) is 0 Å². The fraction of sp³-hybridized carbons (Fsp3) is 0.778. The summed E-state index contributed by atoms with van der Waals surface area (Å²) < 4.78 is 0. The van der Waals surface area contributed by atoms with Gasteiger partial charge in [0.25, 0.3) is 0 Å². The maximum Gasteiger partial charge on any atom is 0.183 e. The van der Waals surface area contributed by atoms with Gasteiger partial charge in [0.05, 0.1) is 5.54 Å². The van der Waals surface area contributed by atoms with E-state index < -0.39 is 0 Å². The number of rotatable bonds is 3. The molecular weight excluding hydrogens is 182 g/mol. The predicted octanol–water partition coefficient (Wildman–Crippen LogP) is 2.35. The molecule has 0 aliphatic carbocycles. The molecule has 0 bridgehead atoms. The molecule has 0 aliphatic rings. The van der Waals surface area contributed by atoms with Gasteiger partial charge in [-0.2, -0.15) is 5.26 Å². The smallest absolute Gasteiger partial charge is 0.183 e. The first-order valence-electron chi connectivity index (χ1n) is 4.40. The molecular formula is C9H17N3S. The van der Waals surface area contributed by atoms with Crippen LogP contribution in [0.15, 0.2) is 4.99 Å². The largest absolute Gasteiger partial charge is 0.272 e. The van der Waals surface area contributed by atoms with Crippen molar-refractivity contribution in [3.8, 4) is 6.19 Å². The van der Waals surface area contributed by atoms with Gasteiger partial charge < -0.3 is 0 Å². The van der Waals surface area contributed by atoms with Gasteiger partial charge in [-0.15, -0.1) is 0 Å². The number of thioether (sulfide) groups is 1. The van der Waals surface area contributed by atoms with E-state index >= 15 is 0 Å². The Hall–Kier alpha value is -0.690. The summed E-state index contributed by atoms with van der Waals surface area (Å²) in [5, 5.41) is 11.7. The van der Waals surface area contributed by atoms with Crippen molar-refractivity contribution in [3.63, 3.8) is 0 Å². The van der Waals surface area contributed by atoms with Crippen molar-refractivity contribution in [3.05, 3.63) is 0 Å². The Morgan fingerprint density at radius 2 is 2.08 bits per heavy atom. The molecule has 0 heterocycles. The zero-order chi connectivity index (χ0) is 10.3. The molecule has 0 aliphatic heterocycles. The van der Waals surface area contributed by atoms with Crippen LogP contribution >= 0.6 is 11.8 Å². The number of nitrogens with one attached hydrogen (secondary N) is 1. The molecule has 0 saturated carbocycles. The number of amidine groups is 1. The fourth-order valence-electron chi connectivity index (χ4n) is 0.826. The van der Waals surface area contributed by atoms with Gasteiger partial charge >= 0.3 is 0 Å². The molecule has 0 aromatic carbocycles.